The van der Waals surface area contributed by atoms with Crippen LogP contribution in [0.2, 0.25) is 0 Å². The van der Waals surface area contributed by atoms with Crippen molar-refractivity contribution in [3.8, 4) is 0 Å². The van der Waals surface area contributed by atoms with Crippen molar-refractivity contribution >= 4 is 17.7 Å². The van der Waals surface area contributed by atoms with E-state index in [1.54, 1.807) is 5.57 Å². The molecular formula is C32H48N8O. The summed E-state index contributed by atoms with van der Waals surface area (Å²) in [6.07, 6.45) is 11.5. The summed E-state index contributed by atoms with van der Waals surface area (Å²) < 4.78 is 0. The van der Waals surface area contributed by atoms with Crippen LogP contribution >= 0.6 is 0 Å². The molecule has 0 radical (unpaired) electrons. The van der Waals surface area contributed by atoms with Gasteiger partial charge < -0.3 is 5.73 Å². The summed E-state index contributed by atoms with van der Waals surface area (Å²) in [6.45, 7) is 17.3. The lowest BCUT2D eigenvalue weighted by atomic mass is 9.34. The Hall–Kier alpha value is -2.71. The van der Waals surface area contributed by atoms with Crippen molar-refractivity contribution in [1.29, 1.82) is 0 Å². The highest BCUT2D eigenvalue weighted by atomic mass is 16.2. The second kappa shape index (κ2) is 8.44. The van der Waals surface area contributed by atoms with E-state index in [2.05, 4.69) is 90.7 Å². The van der Waals surface area contributed by atoms with Gasteiger partial charge in [-0.25, -0.2) is 0 Å². The van der Waals surface area contributed by atoms with Crippen LogP contribution < -0.4 is 11.1 Å². The van der Waals surface area contributed by atoms with Crippen molar-refractivity contribution in [2.24, 2.45) is 51.2 Å². The second-order valence-electron chi connectivity index (χ2n) is 16.4. The number of rotatable bonds is 2. The largest absolute Gasteiger partial charge is 0.382 e. The van der Waals surface area contributed by atoms with E-state index in [1.807, 2.05) is 0 Å². The monoisotopic (exact) mass is 560 g/mol. The number of carbonyl (C=O) groups is 1. The molecule has 7 rings (SSSR count). The van der Waals surface area contributed by atoms with Gasteiger partial charge in [0.25, 0.3) is 5.95 Å². The third-order valence-electron chi connectivity index (χ3n) is 13.6. The predicted molar refractivity (Wildman–Crippen MR) is 158 cm³/mol. The van der Waals surface area contributed by atoms with Crippen LogP contribution in [0.15, 0.2) is 11.6 Å². The minimum Gasteiger partial charge on any atom is -0.382 e. The van der Waals surface area contributed by atoms with E-state index in [4.69, 9.17) is 5.73 Å². The van der Waals surface area contributed by atoms with E-state index in [1.165, 1.54) is 24.1 Å². The van der Waals surface area contributed by atoms with Crippen molar-refractivity contribution in [3.63, 3.8) is 0 Å². The third kappa shape index (κ3) is 3.56. The molecule has 222 valence electrons. The number of allylic oxidation sites excluding steroid dienone is 2. The van der Waals surface area contributed by atoms with E-state index in [0.717, 1.165) is 38.5 Å². The molecule has 1 amide bonds. The van der Waals surface area contributed by atoms with Crippen LogP contribution in [0.4, 0.5) is 11.8 Å². The zero-order valence-electron chi connectivity index (χ0n) is 25.9. The summed E-state index contributed by atoms with van der Waals surface area (Å²) in [5, 5.41) is 24.8. The van der Waals surface area contributed by atoms with E-state index in [0.29, 0.717) is 29.5 Å². The lowest BCUT2D eigenvalue weighted by Gasteiger charge is -2.70. The molecule has 0 saturated heterocycles. The zero-order chi connectivity index (χ0) is 29.2. The molecule has 41 heavy (non-hydrogen) atoms. The Kier molecular flexibility index (Phi) is 5.59. The predicted octanol–water partition coefficient (Wildman–Crippen LogP) is 5.82. The summed E-state index contributed by atoms with van der Waals surface area (Å²) in [7, 11) is 0. The van der Waals surface area contributed by atoms with Crippen LogP contribution in [0.1, 0.15) is 105 Å². The molecule has 8 atom stereocenters. The Morgan fingerprint density at radius 1 is 1.02 bits per heavy atom. The standard InChI is InChI=1S/C32H48N8O/c1-28(2)14-18-17(19(15-28)26(41)34-27-37-39-40-38-27)10-12-31(6)21(18)8-9-23-30(5)16-20-24(35-36-25(20)33)29(3,4)22(30)11-13-32(23,31)7/h8,17-19,22-23H,9-16H2,1-7H3,(H3,33,35,36)(H2,34,37,38,39,40,41)/t17-,18?,19+,22?,23?,30-,31+,32+/m0/s1. The SMILES string of the molecule is CC1(C)CC2C3=CCC4[C@@]5(C)Cc6c(N)n[nH]c6C(C)(C)C5CC[C@@]4(C)[C@]3(C)CC[C@@H]2[C@H](C(=O)Nc2nn[nH]n2)C1. The fraction of sp³-hybridized carbons (Fsp3) is 0.781. The van der Waals surface area contributed by atoms with Crippen LogP contribution in [-0.4, -0.2) is 36.7 Å². The van der Waals surface area contributed by atoms with Gasteiger partial charge in [0.05, 0.1) is 0 Å². The Morgan fingerprint density at radius 3 is 2.54 bits per heavy atom. The summed E-state index contributed by atoms with van der Waals surface area (Å²) in [4.78, 5) is 13.6. The number of tetrazole rings is 1. The first kappa shape index (κ1) is 27.1. The van der Waals surface area contributed by atoms with Gasteiger partial charge in [-0.2, -0.15) is 10.3 Å². The number of amides is 1. The maximum absolute atomic E-state index is 13.6. The maximum Gasteiger partial charge on any atom is 0.269 e. The quantitative estimate of drug-likeness (QED) is 0.342. The van der Waals surface area contributed by atoms with Crippen LogP contribution in [0.3, 0.4) is 0 Å². The maximum atomic E-state index is 13.6. The molecule has 5 N–H and O–H groups in total. The molecule has 3 saturated carbocycles. The number of fused-ring (bicyclic) bond motifs is 8. The van der Waals surface area contributed by atoms with Gasteiger partial charge in [-0.1, -0.05) is 65.2 Å². The molecule has 0 aromatic carbocycles. The van der Waals surface area contributed by atoms with Gasteiger partial charge in [0.15, 0.2) is 0 Å². The summed E-state index contributed by atoms with van der Waals surface area (Å²) in [6, 6.07) is 0. The number of aromatic nitrogens is 6. The van der Waals surface area contributed by atoms with Gasteiger partial charge in [-0.3, -0.25) is 15.2 Å². The number of anilines is 2. The molecule has 5 aliphatic rings. The molecule has 0 aliphatic heterocycles. The van der Waals surface area contributed by atoms with Crippen molar-refractivity contribution in [3.05, 3.63) is 22.9 Å². The fourth-order valence-corrected chi connectivity index (χ4v) is 11.7. The minimum atomic E-state index is -0.0480. The molecule has 2 aromatic heterocycles. The number of nitrogens with two attached hydrogens (primary N) is 1. The van der Waals surface area contributed by atoms with Gasteiger partial charge in [-0.05, 0) is 102 Å². The molecule has 5 aliphatic carbocycles. The molecule has 3 fully saturated rings. The van der Waals surface area contributed by atoms with Crippen molar-refractivity contribution < 1.29 is 4.79 Å². The molecule has 0 spiro atoms. The average molecular weight is 561 g/mol. The number of nitrogen functional groups attached to an aromatic ring is 1. The molecule has 9 heteroatoms. The number of hydrogen-bond acceptors (Lipinski definition) is 6. The molecule has 0 bridgehead atoms. The van der Waals surface area contributed by atoms with Gasteiger partial charge in [0.1, 0.15) is 5.82 Å². The van der Waals surface area contributed by atoms with Gasteiger partial charge in [0, 0.05) is 22.6 Å². The lowest BCUT2D eigenvalue weighted by molar-refractivity contribution is -0.156. The Balaban J connectivity index is 1.26. The van der Waals surface area contributed by atoms with Crippen LogP contribution in [0.25, 0.3) is 0 Å². The Labute approximate surface area is 243 Å². The number of H-pyrrole nitrogens is 2. The summed E-state index contributed by atoms with van der Waals surface area (Å²) >= 11 is 0. The topological polar surface area (TPSA) is 138 Å². The highest BCUT2D eigenvalue weighted by Crippen LogP contribution is 2.74. The molecule has 9 nitrogen and oxygen atoms in total. The van der Waals surface area contributed by atoms with Crippen molar-refractivity contribution in [2.45, 2.75) is 105 Å². The first-order valence-electron chi connectivity index (χ1n) is 15.8. The first-order valence-corrected chi connectivity index (χ1v) is 15.8. The van der Waals surface area contributed by atoms with Crippen molar-refractivity contribution in [1.82, 2.24) is 30.8 Å². The number of aromatic amines is 2. The van der Waals surface area contributed by atoms with E-state index in [9.17, 15) is 4.79 Å². The fourth-order valence-electron chi connectivity index (χ4n) is 11.7. The van der Waals surface area contributed by atoms with Gasteiger partial charge in [0.2, 0.25) is 5.91 Å². The van der Waals surface area contributed by atoms with Crippen LogP contribution in [0.5, 0.6) is 0 Å². The number of nitrogens with zero attached hydrogens (tertiary/aromatic N) is 4. The van der Waals surface area contributed by atoms with E-state index in [-0.39, 0.29) is 44.8 Å². The molecular weight excluding hydrogens is 512 g/mol. The summed E-state index contributed by atoms with van der Waals surface area (Å²) in [5.41, 5.74) is 11.2. The highest BCUT2D eigenvalue weighted by molar-refractivity contribution is 5.91. The van der Waals surface area contributed by atoms with Crippen LogP contribution in [0, 0.1) is 51.2 Å². The molecule has 2 aromatic rings. The first-order chi connectivity index (χ1) is 19.2. The van der Waals surface area contributed by atoms with Gasteiger partial charge in [-0.15, -0.1) is 5.10 Å². The number of hydrogen-bond donors (Lipinski definition) is 4. The highest BCUT2D eigenvalue weighted by Gasteiger charge is 2.67. The minimum absolute atomic E-state index is 0.0174. The second-order valence-corrected chi connectivity index (χ2v) is 16.4. The molecule has 3 unspecified atom stereocenters. The Bertz CT molecular complexity index is 1410. The number of nitrogens with one attached hydrogen (secondary N) is 3. The molecule has 2 heterocycles. The zero-order valence-corrected chi connectivity index (χ0v) is 25.9. The smallest absolute Gasteiger partial charge is 0.269 e. The lowest BCUT2D eigenvalue weighted by Crippen LogP contribution is -2.64. The summed E-state index contributed by atoms with van der Waals surface area (Å²) in [5.74, 6) is 2.90. The van der Waals surface area contributed by atoms with Gasteiger partial charge >= 0.3 is 0 Å². The van der Waals surface area contributed by atoms with Crippen LogP contribution in [-0.2, 0) is 16.6 Å². The third-order valence-corrected chi connectivity index (χ3v) is 13.6. The normalized spacial score (nSPS) is 42.0. The number of carbonyl (C=O) groups excluding carboxylic acids is 1. The van der Waals surface area contributed by atoms with E-state index >= 15 is 0 Å². The Morgan fingerprint density at radius 2 is 1.80 bits per heavy atom. The average Bonchev–Trinajstić information content (AvgIpc) is 3.53. The van der Waals surface area contributed by atoms with Crippen molar-refractivity contribution in [2.75, 3.05) is 11.1 Å². The van der Waals surface area contributed by atoms with E-state index < -0.39 is 0 Å².